The molecule has 0 spiro atoms. The Kier molecular flexibility index (Phi) is 11.6. The summed E-state index contributed by atoms with van der Waals surface area (Å²) in [6.45, 7) is 11.3. The van der Waals surface area contributed by atoms with E-state index >= 15 is 0 Å². The van der Waals surface area contributed by atoms with Gasteiger partial charge in [-0.15, -0.1) is 0 Å². The summed E-state index contributed by atoms with van der Waals surface area (Å²) in [5, 5.41) is 3.61. The van der Waals surface area contributed by atoms with Crippen molar-refractivity contribution in [2.75, 3.05) is 7.05 Å². The zero-order chi connectivity index (χ0) is 24.9. The van der Waals surface area contributed by atoms with Gasteiger partial charge in [0.05, 0.1) is 0 Å². The number of nitrogens with zero attached hydrogens (tertiary/aromatic N) is 1. The molecule has 1 atom stereocenters. The first kappa shape index (κ1) is 27.4. The fraction of sp³-hybridized carbons (Fsp3) is 0.300. The van der Waals surface area contributed by atoms with Crippen molar-refractivity contribution in [2.24, 2.45) is 0 Å². The Morgan fingerprint density at radius 3 is 2.41 bits per heavy atom. The molecule has 1 amide bonds. The van der Waals surface area contributed by atoms with Gasteiger partial charge in [-0.3, -0.25) is 9.69 Å². The van der Waals surface area contributed by atoms with Crippen LogP contribution in [0.5, 0.6) is 0 Å². The van der Waals surface area contributed by atoms with Gasteiger partial charge in [-0.2, -0.15) is 0 Å². The number of benzene rings is 2. The van der Waals surface area contributed by atoms with Crippen LogP contribution in [-0.4, -0.2) is 23.9 Å². The topological polar surface area (TPSA) is 32.3 Å². The zero-order valence-corrected chi connectivity index (χ0v) is 21.6. The minimum atomic E-state index is -0.0805. The molecule has 180 valence electrons. The second-order valence-corrected chi connectivity index (χ2v) is 9.07. The monoisotopic (exact) mass is 476 g/mol. The fourth-order valence-electron chi connectivity index (χ4n) is 3.51. The summed E-state index contributed by atoms with van der Waals surface area (Å²) >= 11 is 5.95. The highest BCUT2D eigenvalue weighted by Gasteiger charge is 2.08. The average molecular weight is 477 g/mol. The van der Waals surface area contributed by atoms with Crippen molar-refractivity contribution in [3.63, 3.8) is 0 Å². The molecule has 0 fully saturated rings. The molecule has 0 aliphatic heterocycles. The second-order valence-electron chi connectivity index (χ2n) is 8.63. The van der Waals surface area contributed by atoms with Crippen LogP contribution >= 0.6 is 11.6 Å². The largest absolute Gasteiger partial charge is 0.326 e. The van der Waals surface area contributed by atoms with E-state index in [2.05, 4.69) is 62.0 Å². The highest BCUT2D eigenvalue weighted by molar-refractivity contribution is 6.30. The lowest BCUT2D eigenvalue weighted by atomic mass is 10.1. The number of carbonyl (C=O) groups is 1. The van der Waals surface area contributed by atoms with Gasteiger partial charge < -0.3 is 5.32 Å². The van der Waals surface area contributed by atoms with Crippen LogP contribution in [0.2, 0.25) is 5.02 Å². The summed E-state index contributed by atoms with van der Waals surface area (Å²) < 4.78 is 0. The van der Waals surface area contributed by atoms with Gasteiger partial charge in [0.1, 0.15) is 0 Å². The van der Waals surface area contributed by atoms with Gasteiger partial charge in [-0.05, 0) is 73.9 Å². The van der Waals surface area contributed by atoms with Gasteiger partial charge in [0.15, 0.2) is 0 Å². The molecule has 4 heteroatoms. The molecule has 0 radical (unpaired) electrons. The van der Waals surface area contributed by atoms with Gasteiger partial charge >= 0.3 is 0 Å². The van der Waals surface area contributed by atoms with E-state index < -0.39 is 0 Å². The Morgan fingerprint density at radius 2 is 1.79 bits per heavy atom. The normalized spacial score (nSPS) is 13.4. The molecule has 0 aliphatic carbocycles. The highest BCUT2D eigenvalue weighted by atomic mass is 35.5. The first-order valence-corrected chi connectivity index (χ1v) is 12.2. The van der Waals surface area contributed by atoms with Crippen LogP contribution in [0.4, 0.5) is 0 Å². The third-order valence-corrected chi connectivity index (χ3v) is 6.05. The van der Waals surface area contributed by atoms with Crippen molar-refractivity contribution in [3.05, 3.63) is 107 Å². The molecule has 2 aromatic carbocycles. The molecule has 34 heavy (non-hydrogen) atoms. The van der Waals surface area contributed by atoms with E-state index in [1.54, 1.807) is 6.08 Å². The van der Waals surface area contributed by atoms with E-state index in [4.69, 9.17) is 11.6 Å². The Labute approximate surface area is 210 Å². The standard InChI is InChI=1S/C30H37ClN2O/c1-6-9-24(4)33(5)22-26-15-13-25(14-16-26)10-8-11-30(34)32-29(7-2)21-12-23(3)27-17-19-28(31)20-18-27/h7-8,10,12-21,24H,2,6,9,11,22H2,1,3-5H3,(H,32,34)/b10-8?,23-12+,29-21+. The summed E-state index contributed by atoms with van der Waals surface area (Å²) in [4.78, 5) is 14.7. The maximum atomic E-state index is 12.4. The van der Waals surface area contributed by atoms with E-state index in [-0.39, 0.29) is 5.91 Å². The lowest BCUT2D eigenvalue weighted by Gasteiger charge is -2.24. The molecule has 0 saturated heterocycles. The van der Waals surface area contributed by atoms with Crippen LogP contribution in [-0.2, 0) is 11.3 Å². The van der Waals surface area contributed by atoms with E-state index in [1.165, 1.54) is 18.4 Å². The fourth-order valence-corrected chi connectivity index (χ4v) is 3.64. The maximum absolute atomic E-state index is 12.4. The molecule has 0 saturated carbocycles. The van der Waals surface area contributed by atoms with Crippen molar-refractivity contribution in [2.45, 2.75) is 52.6 Å². The predicted octanol–water partition coefficient (Wildman–Crippen LogP) is 7.65. The zero-order valence-electron chi connectivity index (χ0n) is 20.9. The summed E-state index contributed by atoms with van der Waals surface area (Å²) in [7, 11) is 2.17. The Bertz CT molecular complexity index is 1020. The highest BCUT2D eigenvalue weighted by Crippen LogP contribution is 2.17. The van der Waals surface area contributed by atoms with Crippen LogP contribution in [0, 0.1) is 0 Å². The van der Waals surface area contributed by atoms with Crippen molar-refractivity contribution >= 4 is 29.2 Å². The minimum absolute atomic E-state index is 0.0805. The van der Waals surface area contributed by atoms with Crippen molar-refractivity contribution < 1.29 is 4.79 Å². The predicted molar refractivity (Wildman–Crippen MR) is 147 cm³/mol. The molecule has 2 rings (SSSR count). The van der Waals surface area contributed by atoms with Gasteiger partial charge in [-0.1, -0.05) is 86.2 Å². The molecular formula is C30H37ClN2O. The Morgan fingerprint density at radius 1 is 1.12 bits per heavy atom. The van der Waals surface area contributed by atoms with Crippen LogP contribution < -0.4 is 5.32 Å². The van der Waals surface area contributed by atoms with Crippen molar-refractivity contribution in [1.29, 1.82) is 0 Å². The van der Waals surface area contributed by atoms with E-state index in [0.717, 1.165) is 23.2 Å². The molecule has 0 heterocycles. The number of hydrogen-bond acceptors (Lipinski definition) is 2. The maximum Gasteiger partial charge on any atom is 0.228 e. The smallest absolute Gasteiger partial charge is 0.228 e. The van der Waals surface area contributed by atoms with Gasteiger partial charge in [0.25, 0.3) is 0 Å². The molecule has 0 aliphatic rings. The third-order valence-electron chi connectivity index (χ3n) is 5.80. The van der Waals surface area contributed by atoms with E-state index in [0.29, 0.717) is 23.2 Å². The van der Waals surface area contributed by atoms with Crippen LogP contribution in [0.3, 0.4) is 0 Å². The van der Waals surface area contributed by atoms with Crippen LogP contribution in [0.1, 0.15) is 56.7 Å². The van der Waals surface area contributed by atoms with Crippen molar-refractivity contribution in [1.82, 2.24) is 10.2 Å². The number of amides is 1. The summed E-state index contributed by atoms with van der Waals surface area (Å²) in [5.41, 5.74) is 5.19. The average Bonchev–Trinajstić information content (AvgIpc) is 2.83. The molecule has 2 aromatic rings. The van der Waals surface area contributed by atoms with Gasteiger partial charge in [-0.25, -0.2) is 0 Å². The van der Waals surface area contributed by atoms with Crippen LogP contribution in [0.25, 0.3) is 11.6 Å². The quantitative estimate of drug-likeness (QED) is 0.319. The number of carbonyl (C=O) groups excluding carboxylic acids is 1. The molecule has 0 bridgehead atoms. The van der Waals surface area contributed by atoms with E-state index in [1.807, 2.05) is 55.5 Å². The van der Waals surface area contributed by atoms with Gasteiger partial charge in [0.2, 0.25) is 5.91 Å². The first-order valence-electron chi connectivity index (χ1n) is 11.8. The molecule has 3 nitrogen and oxygen atoms in total. The van der Waals surface area contributed by atoms with Crippen molar-refractivity contribution in [3.8, 4) is 0 Å². The molecule has 1 unspecified atom stereocenters. The Hall–Kier alpha value is -2.88. The number of rotatable bonds is 12. The van der Waals surface area contributed by atoms with E-state index in [9.17, 15) is 4.79 Å². The van der Waals surface area contributed by atoms with Crippen LogP contribution in [0.15, 0.2) is 85.1 Å². The lowest BCUT2D eigenvalue weighted by molar-refractivity contribution is -0.119. The second kappa shape index (κ2) is 14.4. The first-order chi connectivity index (χ1) is 16.3. The number of nitrogens with one attached hydrogen (secondary N) is 1. The summed E-state index contributed by atoms with van der Waals surface area (Å²) in [6, 6.07) is 16.7. The summed E-state index contributed by atoms with van der Waals surface area (Å²) in [6.07, 6.45) is 12.0. The number of allylic oxidation sites excluding steroid dienone is 4. The SMILES string of the molecule is C=C/C(=C\C=C(/C)c1ccc(Cl)cc1)NC(=O)CC=Cc1ccc(CN(C)C(C)CCC)cc1. The number of halogens is 1. The van der Waals surface area contributed by atoms with Gasteiger partial charge in [0, 0.05) is 29.7 Å². The lowest BCUT2D eigenvalue weighted by Crippen LogP contribution is -2.28. The Balaban J connectivity index is 1.87. The third kappa shape index (κ3) is 9.54. The molecular weight excluding hydrogens is 440 g/mol. The molecule has 1 N–H and O–H groups in total. The minimum Gasteiger partial charge on any atom is -0.326 e. The summed E-state index contributed by atoms with van der Waals surface area (Å²) in [5.74, 6) is -0.0805. The molecule has 0 aromatic heterocycles. The number of hydrogen-bond donors (Lipinski definition) is 1.